The number of carboxylic acid groups (broad SMARTS) is 1. The minimum Gasteiger partial charge on any atom is -0.481 e. The van der Waals surface area contributed by atoms with Crippen LogP contribution in [0.5, 0.6) is 0 Å². The SMILES string of the molecule is CCC(CNC(=O)OCC1c2ccccc2-c2ccccc21)CC(=O)NC(C)CC(=O)O. The molecule has 7 heteroatoms. The zero-order valence-corrected chi connectivity index (χ0v) is 18.5. The van der Waals surface area contributed by atoms with Gasteiger partial charge in [-0.05, 0) is 35.1 Å². The van der Waals surface area contributed by atoms with Crippen molar-refractivity contribution in [3.05, 3.63) is 59.7 Å². The first-order valence-electron chi connectivity index (χ1n) is 11.0. The van der Waals surface area contributed by atoms with Crippen molar-refractivity contribution < 1.29 is 24.2 Å². The molecule has 0 radical (unpaired) electrons. The van der Waals surface area contributed by atoms with E-state index >= 15 is 0 Å². The maximum Gasteiger partial charge on any atom is 0.407 e. The molecule has 1 aliphatic rings. The van der Waals surface area contributed by atoms with Gasteiger partial charge in [0.2, 0.25) is 5.91 Å². The lowest BCUT2D eigenvalue weighted by molar-refractivity contribution is -0.137. The van der Waals surface area contributed by atoms with Crippen LogP contribution >= 0.6 is 0 Å². The minimum absolute atomic E-state index is 0.00313. The Kier molecular flexibility index (Phi) is 7.87. The summed E-state index contributed by atoms with van der Waals surface area (Å²) in [6, 6.07) is 15.9. The molecule has 0 aromatic heterocycles. The first-order valence-corrected chi connectivity index (χ1v) is 11.0. The molecule has 3 N–H and O–H groups in total. The number of nitrogens with one attached hydrogen (secondary N) is 2. The summed E-state index contributed by atoms with van der Waals surface area (Å²) in [6.45, 7) is 4.15. The van der Waals surface area contributed by atoms with Crippen molar-refractivity contribution >= 4 is 18.0 Å². The van der Waals surface area contributed by atoms with E-state index in [1.165, 1.54) is 11.1 Å². The standard InChI is InChI=1S/C25H30N2O5/c1-3-17(13-23(28)27-16(2)12-24(29)30)14-26-25(31)32-15-22-20-10-6-4-8-18(20)19-9-5-7-11-21(19)22/h4-11,16-17,22H,3,12-15H2,1-2H3,(H,26,31)(H,27,28)(H,29,30). The summed E-state index contributed by atoms with van der Waals surface area (Å²) in [5.74, 6) is -1.24. The second-order valence-corrected chi connectivity index (χ2v) is 8.25. The van der Waals surface area contributed by atoms with Crippen molar-refractivity contribution in [3.63, 3.8) is 0 Å². The quantitative estimate of drug-likeness (QED) is 0.521. The van der Waals surface area contributed by atoms with Gasteiger partial charge in [0.05, 0.1) is 6.42 Å². The number of benzene rings is 2. The van der Waals surface area contributed by atoms with Gasteiger partial charge in [-0.25, -0.2) is 4.79 Å². The molecule has 2 aromatic carbocycles. The third-order valence-electron chi connectivity index (χ3n) is 5.82. The highest BCUT2D eigenvalue weighted by Crippen LogP contribution is 2.44. The molecule has 0 heterocycles. The first-order chi connectivity index (χ1) is 15.4. The predicted molar refractivity (Wildman–Crippen MR) is 121 cm³/mol. The fourth-order valence-corrected chi connectivity index (χ4v) is 4.15. The molecule has 2 aromatic rings. The fourth-order valence-electron chi connectivity index (χ4n) is 4.15. The fraction of sp³-hybridized carbons (Fsp3) is 0.400. The predicted octanol–water partition coefficient (Wildman–Crippen LogP) is 3.92. The highest BCUT2D eigenvalue weighted by atomic mass is 16.5. The molecule has 0 bridgehead atoms. The molecule has 2 atom stereocenters. The number of rotatable bonds is 10. The van der Waals surface area contributed by atoms with Gasteiger partial charge in [-0.2, -0.15) is 0 Å². The molecular formula is C25H30N2O5. The smallest absolute Gasteiger partial charge is 0.407 e. The molecule has 2 amide bonds. The van der Waals surface area contributed by atoms with Crippen molar-refractivity contribution in [1.29, 1.82) is 0 Å². The summed E-state index contributed by atoms with van der Waals surface area (Å²) in [6.07, 6.45) is 0.277. The zero-order valence-electron chi connectivity index (χ0n) is 18.5. The molecule has 0 spiro atoms. The largest absolute Gasteiger partial charge is 0.481 e. The van der Waals surface area contributed by atoms with Crippen LogP contribution in [0.3, 0.4) is 0 Å². The van der Waals surface area contributed by atoms with Gasteiger partial charge >= 0.3 is 12.1 Å². The lowest BCUT2D eigenvalue weighted by Crippen LogP contribution is -2.37. The molecule has 7 nitrogen and oxygen atoms in total. The summed E-state index contributed by atoms with van der Waals surface area (Å²) in [4.78, 5) is 35.2. The summed E-state index contributed by atoms with van der Waals surface area (Å²) < 4.78 is 5.53. The summed E-state index contributed by atoms with van der Waals surface area (Å²) in [5, 5.41) is 14.2. The van der Waals surface area contributed by atoms with Crippen molar-refractivity contribution in [2.45, 2.75) is 45.1 Å². The normalized spacial score (nSPS) is 14.1. The molecule has 2 unspecified atom stereocenters. The lowest BCUT2D eigenvalue weighted by Gasteiger charge is -2.18. The number of carboxylic acids is 1. The Labute approximate surface area is 188 Å². The number of fused-ring (bicyclic) bond motifs is 3. The summed E-state index contributed by atoms with van der Waals surface area (Å²) >= 11 is 0. The maximum atomic E-state index is 12.3. The second-order valence-electron chi connectivity index (χ2n) is 8.25. The second kappa shape index (κ2) is 10.8. The molecular weight excluding hydrogens is 408 g/mol. The van der Waals surface area contributed by atoms with E-state index in [1.807, 2.05) is 31.2 Å². The van der Waals surface area contributed by atoms with E-state index in [-0.39, 0.29) is 37.2 Å². The highest BCUT2D eigenvalue weighted by molar-refractivity contribution is 5.79. The van der Waals surface area contributed by atoms with Crippen LogP contribution in [-0.2, 0) is 14.3 Å². The molecule has 0 fully saturated rings. The Morgan fingerprint density at radius 1 is 1.00 bits per heavy atom. The average molecular weight is 439 g/mol. The van der Waals surface area contributed by atoms with Crippen LogP contribution in [0.1, 0.15) is 50.2 Å². The zero-order chi connectivity index (χ0) is 23.1. The summed E-state index contributed by atoms with van der Waals surface area (Å²) in [5.41, 5.74) is 4.65. The van der Waals surface area contributed by atoms with E-state index < -0.39 is 18.1 Å². The minimum atomic E-state index is -0.957. The number of aliphatic carboxylic acids is 1. The Bertz CT molecular complexity index is 929. The Hall–Kier alpha value is -3.35. The third-order valence-corrected chi connectivity index (χ3v) is 5.82. The molecule has 0 saturated carbocycles. The highest BCUT2D eigenvalue weighted by Gasteiger charge is 2.29. The molecule has 1 aliphatic carbocycles. The van der Waals surface area contributed by atoms with Gasteiger partial charge in [0.15, 0.2) is 0 Å². The van der Waals surface area contributed by atoms with Crippen LogP contribution < -0.4 is 10.6 Å². The van der Waals surface area contributed by atoms with Gasteiger partial charge in [-0.1, -0.05) is 61.9 Å². The van der Waals surface area contributed by atoms with Gasteiger partial charge in [-0.15, -0.1) is 0 Å². The van der Waals surface area contributed by atoms with Crippen molar-refractivity contribution in [1.82, 2.24) is 10.6 Å². The number of ether oxygens (including phenoxy) is 1. The summed E-state index contributed by atoms with van der Waals surface area (Å²) in [7, 11) is 0. The van der Waals surface area contributed by atoms with E-state index in [0.29, 0.717) is 13.0 Å². The Balaban J connectivity index is 1.49. The molecule has 170 valence electrons. The van der Waals surface area contributed by atoms with Gasteiger partial charge in [-0.3, -0.25) is 9.59 Å². The lowest BCUT2D eigenvalue weighted by atomic mass is 9.98. The van der Waals surface area contributed by atoms with E-state index in [2.05, 4.69) is 34.9 Å². The molecule has 0 aliphatic heterocycles. The number of hydrogen-bond donors (Lipinski definition) is 3. The van der Waals surface area contributed by atoms with E-state index in [1.54, 1.807) is 6.92 Å². The maximum absolute atomic E-state index is 12.3. The van der Waals surface area contributed by atoms with Crippen LogP contribution in [0.15, 0.2) is 48.5 Å². The van der Waals surface area contributed by atoms with Crippen molar-refractivity contribution in [2.24, 2.45) is 5.92 Å². The molecule has 32 heavy (non-hydrogen) atoms. The Morgan fingerprint density at radius 2 is 1.59 bits per heavy atom. The van der Waals surface area contributed by atoms with E-state index in [0.717, 1.165) is 11.1 Å². The van der Waals surface area contributed by atoms with Crippen LogP contribution in [0, 0.1) is 5.92 Å². The monoisotopic (exact) mass is 438 g/mol. The van der Waals surface area contributed by atoms with Gasteiger partial charge in [0.25, 0.3) is 0 Å². The van der Waals surface area contributed by atoms with Crippen LogP contribution in [0.2, 0.25) is 0 Å². The average Bonchev–Trinajstić information content (AvgIpc) is 3.08. The first kappa shape index (κ1) is 23.3. The van der Waals surface area contributed by atoms with Crippen molar-refractivity contribution in [3.8, 4) is 11.1 Å². The van der Waals surface area contributed by atoms with Gasteiger partial charge in [0, 0.05) is 24.9 Å². The van der Waals surface area contributed by atoms with Crippen LogP contribution in [-0.4, -0.2) is 42.3 Å². The number of carbonyl (C=O) groups is 3. The van der Waals surface area contributed by atoms with E-state index in [9.17, 15) is 14.4 Å². The van der Waals surface area contributed by atoms with E-state index in [4.69, 9.17) is 9.84 Å². The topological polar surface area (TPSA) is 105 Å². The van der Waals surface area contributed by atoms with Crippen LogP contribution in [0.4, 0.5) is 4.79 Å². The van der Waals surface area contributed by atoms with Crippen LogP contribution in [0.25, 0.3) is 11.1 Å². The third kappa shape index (κ3) is 5.87. The number of carbonyl (C=O) groups excluding carboxylic acids is 2. The molecule has 3 rings (SSSR count). The molecule has 0 saturated heterocycles. The number of amides is 2. The van der Waals surface area contributed by atoms with Crippen molar-refractivity contribution in [2.75, 3.05) is 13.2 Å². The number of alkyl carbamates (subject to hydrolysis) is 1. The number of hydrogen-bond acceptors (Lipinski definition) is 4. The Morgan fingerprint density at radius 3 is 2.16 bits per heavy atom. The van der Waals surface area contributed by atoms with Gasteiger partial charge < -0.3 is 20.5 Å². The van der Waals surface area contributed by atoms with Gasteiger partial charge in [0.1, 0.15) is 6.61 Å².